The molecule has 0 aliphatic carbocycles. The first kappa shape index (κ1) is 29.1. The van der Waals surface area contributed by atoms with Crippen LogP contribution < -0.4 is 5.30 Å². The highest BCUT2D eigenvalue weighted by molar-refractivity contribution is 7.82. The molecular formula is C44H34NOP. The van der Waals surface area contributed by atoms with Crippen LogP contribution in [0.15, 0.2) is 181 Å². The summed E-state index contributed by atoms with van der Waals surface area (Å²) in [5, 5.41) is 15.4. The molecule has 0 bridgehead atoms. The molecule has 7 aromatic carbocycles. The zero-order chi connectivity index (χ0) is 31.6. The van der Waals surface area contributed by atoms with Gasteiger partial charge in [0.25, 0.3) is 0 Å². The van der Waals surface area contributed by atoms with Crippen LogP contribution in [0.1, 0.15) is 17.5 Å². The van der Waals surface area contributed by atoms with E-state index >= 15 is 0 Å². The van der Waals surface area contributed by atoms with E-state index in [1.165, 1.54) is 5.30 Å². The van der Waals surface area contributed by atoms with E-state index in [2.05, 4.69) is 158 Å². The van der Waals surface area contributed by atoms with E-state index in [-0.39, 0.29) is 0 Å². The smallest absolute Gasteiger partial charge is 0.127 e. The third-order valence-electron chi connectivity index (χ3n) is 9.47. The molecule has 1 aliphatic heterocycles. The molecular weight excluding hydrogens is 589 g/mol. The average molecular weight is 624 g/mol. The lowest BCUT2D eigenvalue weighted by Crippen LogP contribution is -2.33. The molecule has 1 fully saturated rings. The van der Waals surface area contributed by atoms with Gasteiger partial charge in [-0.05, 0) is 47.9 Å². The molecule has 0 spiro atoms. The maximum absolute atomic E-state index is 12.2. The van der Waals surface area contributed by atoms with Gasteiger partial charge in [-0.1, -0.05) is 176 Å². The Hall–Kier alpha value is -5.30. The second-order valence-corrected chi connectivity index (χ2v) is 14.3. The zero-order valence-corrected chi connectivity index (χ0v) is 26.9. The highest BCUT2D eigenvalue weighted by Gasteiger charge is 2.50. The molecule has 1 N–H and O–H groups in total. The van der Waals surface area contributed by atoms with Crippen LogP contribution in [0.5, 0.6) is 5.75 Å². The van der Waals surface area contributed by atoms with Gasteiger partial charge in [-0.25, -0.2) is 0 Å². The molecule has 226 valence electrons. The van der Waals surface area contributed by atoms with Gasteiger partial charge in [-0.3, -0.25) is 4.99 Å². The summed E-state index contributed by atoms with van der Waals surface area (Å²) in [5.41, 5.74) is 7.98. The van der Waals surface area contributed by atoms with E-state index in [4.69, 9.17) is 4.99 Å². The summed E-state index contributed by atoms with van der Waals surface area (Å²) in [6.07, 6.45) is 1.81. The van der Waals surface area contributed by atoms with Gasteiger partial charge in [-0.2, -0.15) is 0 Å². The van der Waals surface area contributed by atoms with Gasteiger partial charge < -0.3 is 5.11 Å². The molecule has 2 atom stereocenters. The topological polar surface area (TPSA) is 32.6 Å². The molecule has 1 saturated heterocycles. The lowest BCUT2D eigenvalue weighted by atomic mass is 9.72. The van der Waals surface area contributed by atoms with Crippen molar-refractivity contribution in [2.75, 3.05) is 6.16 Å². The van der Waals surface area contributed by atoms with Crippen LogP contribution in [0.4, 0.5) is 5.69 Å². The molecule has 0 radical (unpaired) electrons. The normalized spacial score (nSPS) is 18.5. The molecule has 1 heterocycles. The van der Waals surface area contributed by atoms with Crippen molar-refractivity contribution < 1.29 is 5.11 Å². The van der Waals surface area contributed by atoms with Crippen molar-refractivity contribution >= 4 is 35.1 Å². The Bertz CT molecular complexity index is 2140. The Morgan fingerprint density at radius 3 is 1.72 bits per heavy atom. The largest absolute Gasteiger partial charge is 0.507 e. The summed E-state index contributed by atoms with van der Waals surface area (Å²) in [5.74, 6) is 0.337. The predicted molar refractivity (Wildman–Crippen MR) is 200 cm³/mol. The van der Waals surface area contributed by atoms with E-state index in [0.717, 1.165) is 67.9 Å². The fourth-order valence-corrected chi connectivity index (χ4v) is 10.1. The first-order valence-corrected chi connectivity index (χ1v) is 17.7. The summed E-state index contributed by atoms with van der Waals surface area (Å²) >= 11 is 0. The third kappa shape index (κ3) is 5.16. The summed E-state index contributed by atoms with van der Waals surface area (Å²) in [6, 6.07) is 61.7. The van der Waals surface area contributed by atoms with Crippen molar-refractivity contribution in [3.8, 4) is 28.0 Å². The number of hydrogen-bond acceptors (Lipinski definition) is 2. The van der Waals surface area contributed by atoms with Crippen LogP contribution in [0.3, 0.4) is 0 Å². The number of benzene rings is 7. The van der Waals surface area contributed by atoms with Crippen LogP contribution in [0, 0.1) is 0 Å². The monoisotopic (exact) mass is 623 g/mol. The molecule has 47 heavy (non-hydrogen) atoms. The van der Waals surface area contributed by atoms with Gasteiger partial charge in [0.05, 0.1) is 16.6 Å². The molecule has 3 heteroatoms. The number of phenols is 1. The Morgan fingerprint density at radius 1 is 0.532 bits per heavy atom. The highest BCUT2D eigenvalue weighted by Crippen LogP contribution is 2.61. The second kappa shape index (κ2) is 12.5. The minimum atomic E-state index is -0.842. The van der Waals surface area contributed by atoms with Crippen molar-refractivity contribution in [1.82, 2.24) is 0 Å². The fourth-order valence-electron chi connectivity index (χ4n) is 7.22. The minimum Gasteiger partial charge on any atom is -0.507 e. The number of nitrogens with zero attached hydrogens (tertiary/aromatic N) is 1. The van der Waals surface area contributed by atoms with Gasteiger partial charge >= 0.3 is 0 Å². The summed E-state index contributed by atoms with van der Waals surface area (Å²) < 4.78 is 0. The minimum absolute atomic E-state index is 0.337. The van der Waals surface area contributed by atoms with Crippen molar-refractivity contribution in [3.05, 3.63) is 187 Å². The number of rotatable bonds is 6. The quantitative estimate of drug-likeness (QED) is 0.184. The first-order valence-electron chi connectivity index (χ1n) is 16.2. The first-order chi connectivity index (χ1) is 23.2. The number of phenolic OH excluding ortho intramolecular Hbond substituents is 1. The number of aromatic hydroxyl groups is 1. The SMILES string of the molecule is Oc1c(C2(c3ccccc3)CCP(c3ccccc3)C2=Nc2c(-c3ccccc3)cccc2-c2ccccc2)ccc2ccccc12. The summed E-state index contributed by atoms with van der Waals surface area (Å²) in [4.78, 5) is 5.93. The molecule has 2 nitrogen and oxygen atoms in total. The van der Waals surface area contributed by atoms with Crippen molar-refractivity contribution in [3.63, 3.8) is 0 Å². The fraction of sp³-hybridized carbons (Fsp3) is 0.0682. The van der Waals surface area contributed by atoms with E-state index in [0.29, 0.717) is 5.75 Å². The Kier molecular flexibility index (Phi) is 7.73. The van der Waals surface area contributed by atoms with Gasteiger partial charge in [0, 0.05) is 22.1 Å². The van der Waals surface area contributed by atoms with Crippen molar-refractivity contribution in [1.29, 1.82) is 0 Å². The number of fused-ring (bicyclic) bond motifs is 1. The molecule has 0 amide bonds. The van der Waals surface area contributed by atoms with Gasteiger partial charge in [0.1, 0.15) is 5.75 Å². The van der Waals surface area contributed by atoms with Crippen molar-refractivity contribution in [2.45, 2.75) is 11.8 Å². The Balaban J connectivity index is 1.49. The zero-order valence-electron chi connectivity index (χ0n) is 26.0. The van der Waals surface area contributed by atoms with Crippen LogP contribution in [-0.4, -0.2) is 16.7 Å². The summed E-state index contributed by atoms with van der Waals surface area (Å²) in [7, 11) is -0.842. The lowest BCUT2D eigenvalue weighted by Gasteiger charge is -2.34. The van der Waals surface area contributed by atoms with Gasteiger partial charge in [-0.15, -0.1) is 0 Å². The number of hydrogen-bond donors (Lipinski definition) is 1. The van der Waals surface area contributed by atoms with Gasteiger partial charge in [0.2, 0.25) is 0 Å². The van der Waals surface area contributed by atoms with Crippen molar-refractivity contribution in [2.24, 2.45) is 4.99 Å². The molecule has 2 unspecified atom stereocenters. The molecule has 0 saturated carbocycles. The maximum atomic E-state index is 12.2. The second-order valence-electron chi connectivity index (χ2n) is 12.1. The predicted octanol–water partition coefficient (Wildman–Crippen LogP) is 11.1. The highest BCUT2D eigenvalue weighted by atomic mass is 31.1. The van der Waals surface area contributed by atoms with Crippen LogP contribution in [0.25, 0.3) is 33.0 Å². The third-order valence-corrected chi connectivity index (χ3v) is 12.1. The van der Waals surface area contributed by atoms with Crippen LogP contribution in [0.2, 0.25) is 0 Å². The van der Waals surface area contributed by atoms with Crippen LogP contribution >= 0.6 is 7.92 Å². The maximum Gasteiger partial charge on any atom is 0.127 e. The van der Waals surface area contributed by atoms with Crippen LogP contribution in [-0.2, 0) is 5.41 Å². The molecule has 8 rings (SSSR count). The molecule has 0 aromatic heterocycles. The van der Waals surface area contributed by atoms with E-state index in [1.807, 2.05) is 18.2 Å². The van der Waals surface area contributed by atoms with E-state index < -0.39 is 13.3 Å². The average Bonchev–Trinajstić information content (AvgIpc) is 3.53. The molecule has 7 aromatic rings. The molecule has 1 aliphatic rings. The lowest BCUT2D eigenvalue weighted by molar-refractivity contribution is 0.465. The summed E-state index contributed by atoms with van der Waals surface area (Å²) in [6.45, 7) is 0. The standard InChI is InChI=1S/C44H34NOP/c46-42-39-25-14-13-20-34(39)28-29-40(42)44(35-21-9-3-10-22-35)30-31-47(36-23-11-4-12-24-36)43(44)45-41-37(32-16-5-1-6-17-32)26-15-27-38(41)33-18-7-2-8-19-33/h1-29,46H,30-31H2. The van der Waals surface area contributed by atoms with E-state index in [9.17, 15) is 5.11 Å². The number of para-hydroxylation sites is 1. The van der Waals surface area contributed by atoms with E-state index in [1.54, 1.807) is 0 Å². The Labute approximate surface area is 277 Å². The Morgan fingerprint density at radius 2 is 1.09 bits per heavy atom. The number of aliphatic imine (C=N–C) groups is 1. The van der Waals surface area contributed by atoms with Gasteiger partial charge in [0.15, 0.2) is 0 Å².